The van der Waals surface area contributed by atoms with E-state index < -0.39 is 0 Å². The molecule has 1 aliphatic rings. The molecule has 1 aliphatic carbocycles. The van der Waals surface area contributed by atoms with Crippen LogP contribution in [0.3, 0.4) is 0 Å². The van der Waals surface area contributed by atoms with Gasteiger partial charge in [-0.25, -0.2) is 4.98 Å². The van der Waals surface area contributed by atoms with Gasteiger partial charge < -0.3 is 10.0 Å². The highest BCUT2D eigenvalue weighted by molar-refractivity contribution is 5.41. The van der Waals surface area contributed by atoms with Gasteiger partial charge >= 0.3 is 0 Å². The zero-order valence-electron chi connectivity index (χ0n) is 9.19. The lowest BCUT2D eigenvalue weighted by Crippen LogP contribution is -2.42. The Morgan fingerprint density at radius 1 is 1.47 bits per heavy atom. The van der Waals surface area contributed by atoms with E-state index in [9.17, 15) is 0 Å². The Morgan fingerprint density at radius 3 is 2.73 bits per heavy atom. The zero-order valence-corrected chi connectivity index (χ0v) is 9.19. The number of aromatic nitrogens is 1. The third-order valence-electron chi connectivity index (χ3n) is 3.05. The second-order valence-electron chi connectivity index (χ2n) is 4.20. The average molecular weight is 206 g/mol. The predicted octanol–water partition coefficient (Wildman–Crippen LogP) is 1.74. The Labute approximate surface area is 90.8 Å². The van der Waals surface area contributed by atoms with Crippen LogP contribution in [0.15, 0.2) is 18.3 Å². The van der Waals surface area contributed by atoms with E-state index in [0.29, 0.717) is 12.6 Å². The van der Waals surface area contributed by atoms with Crippen LogP contribution >= 0.6 is 0 Å². The highest BCUT2D eigenvalue weighted by Gasteiger charge is 2.25. The molecule has 3 nitrogen and oxygen atoms in total. The first-order chi connectivity index (χ1) is 7.31. The minimum atomic E-state index is 0.200. The van der Waals surface area contributed by atoms with Crippen LogP contribution in [0.2, 0.25) is 0 Å². The minimum Gasteiger partial charge on any atom is -0.395 e. The fourth-order valence-electron chi connectivity index (χ4n) is 1.92. The number of aliphatic hydroxyl groups excluding tert-OH is 1. The number of pyridine rings is 1. The molecule has 2 rings (SSSR count). The summed E-state index contributed by atoms with van der Waals surface area (Å²) in [6, 6.07) is 4.71. The summed E-state index contributed by atoms with van der Waals surface area (Å²) >= 11 is 0. The Bertz CT molecular complexity index is 306. The van der Waals surface area contributed by atoms with Crippen LogP contribution in [-0.2, 0) is 0 Å². The summed E-state index contributed by atoms with van der Waals surface area (Å²) in [5.41, 5.74) is 1.18. The maximum absolute atomic E-state index is 9.05. The van der Waals surface area contributed by atoms with Crippen LogP contribution in [0.4, 0.5) is 5.82 Å². The smallest absolute Gasteiger partial charge is 0.128 e. The molecule has 3 heteroatoms. The largest absolute Gasteiger partial charge is 0.395 e. The van der Waals surface area contributed by atoms with Crippen LogP contribution in [-0.4, -0.2) is 29.3 Å². The van der Waals surface area contributed by atoms with E-state index in [-0.39, 0.29) is 6.61 Å². The Balaban J connectivity index is 2.12. The average Bonchev–Trinajstić information content (AvgIpc) is 2.16. The molecule has 1 aromatic heterocycles. The highest BCUT2D eigenvalue weighted by Crippen LogP contribution is 2.28. The first kappa shape index (κ1) is 10.4. The number of hydrogen-bond acceptors (Lipinski definition) is 3. The molecule has 0 amide bonds. The molecule has 0 atom stereocenters. The van der Waals surface area contributed by atoms with Gasteiger partial charge in [0.1, 0.15) is 5.82 Å². The molecule has 15 heavy (non-hydrogen) atoms. The minimum absolute atomic E-state index is 0.200. The third kappa shape index (κ3) is 2.29. The van der Waals surface area contributed by atoms with Gasteiger partial charge in [0.2, 0.25) is 0 Å². The maximum atomic E-state index is 9.05. The zero-order chi connectivity index (χ0) is 10.7. The maximum Gasteiger partial charge on any atom is 0.128 e. The summed E-state index contributed by atoms with van der Waals surface area (Å²) in [7, 11) is 0. The van der Waals surface area contributed by atoms with E-state index in [2.05, 4.69) is 16.0 Å². The normalized spacial score (nSPS) is 16.1. The number of aryl methyl sites for hydroxylation is 1. The topological polar surface area (TPSA) is 36.4 Å². The van der Waals surface area contributed by atoms with Gasteiger partial charge in [0.15, 0.2) is 0 Å². The van der Waals surface area contributed by atoms with E-state index >= 15 is 0 Å². The SMILES string of the molecule is Cc1ccc(N(CCO)C2CCC2)nc1. The molecule has 1 aromatic rings. The summed E-state index contributed by atoms with van der Waals surface area (Å²) in [4.78, 5) is 6.64. The van der Waals surface area contributed by atoms with Gasteiger partial charge in [0.25, 0.3) is 0 Å². The number of rotatable bonds is 4. The summed E-state index contributed by atoms with van der Waals surface area (Å²) in [6.45, 7) is 2.93. The van der Waals surface area contributed by atoms with Crippen LogP contribution in [0, 0.1) is 6.92 Å². The number of aliphatic hydroxyl groups is 1. The molecule has 1 saturated carbocycles. The lowest BCUT2D eigenvalue weighted by molar-refractivity contribution is 0.283. The first-order valence-corrected chi connectivity index (χ1v) is 5.61. The quantitative estimate of drug-likeness (QED) is 0.815. The fraction of sp³-hybridized carbons (Fsp3) is 0.583. The summed E-state index contributed by atoms with van der Waals surface area (Å²) in [5, 5.41) is 9.05. The molecule has 0 radical (unpaired) electrons. The molecule has 0 aromatic carbocycles. The van der Waals surface area contributed by atoms with Crippen LogP contribution in [0.1, 0.15) is 24.8 Å². The third-order valence-corrected chi connectivity index (χ3v) is 3.05. The van der Waals surface area contributed by atoms with Crippen molar-refractivity contribution in [3.8, 4) is 0 Å². The van der Waals surface area contributed by atoms with Crippen LogP contribution in [0.25, 0.3) is 0 Å². The van der Waals surface area contributed by atoms with E-state index in [1.807, 2.05) is 19.2 Å². The summed E-state index contributed by atoms with van der Waals surface area (Å²) in [6.07, 6.45) is 5.65. The second-order valence-corrected chi connectivity index (χ2v) is 4.20. The lowest BCUT2D eigenvalue weighted by Gasteiger charge is -2.38. The van der Waals surface area contributed by atoms with E-state index in [1.54, 1.807) is 0 Å². The van der Waals surface area contributed by atoms with Crippen molar-refractivity contribution in [3.05, 3.63) is 23.9 Å². The fourth-order valence-corrected chi connectivity index (χ4v) is 1.92. The van der Waals surface area contributed by atoms with Crippen molar-refractivity contribution in [2.75, 3.05) is 18.1 Å². The Kier molecular flexibility index (Phi) is 3.21. The molecule has 82 valence electrons. The first-order valence-electron chi connectivity index (χ1n) is 5.61. The second kappa shape index (κ2) is 4.62. The molecule has 1 N–H and O–H groups in total. The van der Waals surface area contributed by atoms with Gasteiger partial charge in [-0.05, 0) is 37.8 Å². The molecule has 0 aliphatic heterocycles. The van der Waals surface area contributed by atoms with Crippen molar-refractivity contribution in [2.45, 2.75) is 32.2 Å². The molecule has 0 spiro atoms. The molecule has 1 fully saturated rings. The molecular formula is C12H18N2O. The van der Waals surface area contributed by atoms with Crippen molar-refractivity contribution < 1.29 is 5.11 Å². The van der Waals surface area contributed by atoms with Crippen LogP contribution < -0.4 is 4.90 Å². The summed E-state index contributed by atoms with van der Waals surface area (Å²) < 4.78 is 0. The standard InChI is InChI=1S/C12H18N2O/c1-10-5-6-12(13-9-10)14(7-8-15)11-3-2-4-11/h5-6,9,11,15H,2-4,7-8H2,1H3. The van der Waals surface area contributed by atoms with Crippen molar-refractivity contribution in [1.29, 1.82) is 0 Å². The Morgan fingerprint density at radius 2 is 2.27 bits per heavy atom. The van der Waals surface area contributed by atoms with E-state index in [1.165, 1.54) is 24.8 Å². The van der Waals surface area contributed by atoms with Gasteiger partial charge in [-0.15, -0.1) is 0 Å². The van der Waals surface area contributed by atoms with Crippen molar-refractivity contribution >= 4 is 5.82 Å². The molecule has 0 unspecified atom stereocenters. The lowest BCUT2D eigenvalue weighted by atomic mass is 9.91. The number of anilines is 1. The monoisotopic (exact) mass is 206 g/mol. The van der Waals surface area contributed by atoms with E-state index in [4.69, 9.17) is 5.11 Å². The van der Waals surface area contributed by atoms with Gasteiger partial charge in [0, 0.05) is 18.8 Å². The van der Waals surface area contributed by atoms with Gasteiger partial charge in [-0.2, -0.15) is 0 Å². The van der Waals surface area contributed by atoms with E-state index in [0.717, 1.165) is 5.82 Å². The molecular weight excluding hydrogens is 188 g/mol. The number of hydrogen-bond donors (Lipinski definition) is 1. The van der Waals surface area contributed by atoms with Crippen molar-refractivity contribution in [2.24, 2.45) is 0 Å². The van der Waals surface area contributed by atoms with Crippen molar-refractivity contribution in [1.82, 2.24) is 4.98 Å². The van der Waals surface area contributed by atoms with Gasteiger partial charge in [0.05, 0.1) is 6.61 Å². The predicted molar refractivity (Wildman–Crippen MR) is 61.0 cm³/mol. The summed E-state index contributed by atoms with van der Waals surface area (Å²) in [5.74, 6) is 0.999. The van der Waals surface area contributed by atoms with Gasteiger partial charge in [-0.1, -0.05) is 6.07 Å². The molecule has 1 heterocycles. The Hall–Kier alpha value is -1.09. The van der Waals surface area contributed by atoms with Gasteiger partial charge in [-0.3, -0.25) is 0 Å². The van der Waals surface area contributed by atoms with Crippen molar-refractivity contribution in [3.63, 3.8) is 0 Å². The number of nitrogens with zero attached hydrogens (tertiary/aromatic N) is 2. The highest BCUT2D eigenvalue weighted by atomic mass is 16.3. The van der Waals surface area contributed by atoms with Crippen LogP contribution in [0.5, 0.6) is 0 Å². The molecule has 0 bridgehead atoms. The molecule has 0 saturated heterocycles.